The first-order valence-corrected chi connectivity index (χ1v) is 6.11. The molecule has 94 valence electrons. The Morgan fingerprint density at radius 3 is 2.62 bits per heavy atom. The maximum absolute atomic E-state index is 11.9. The van der Waals surface area contributed by atoms with Gasteiger partial charge in [-0.15, -0.1) is 0 Å². The minimum Gasteiger partial charge on any atom is -0.381 e. The van der Waals surface area contributed by atoms with Crippen LogP contribution in [-0.2, 0) is 9.53 Å². The average Bonchev–Trinajstić information content (AvgIpc) is 2.65. The Hall–Kier alpha value is -0.610. The van der Waals surface area contributed by atoms with Gasteiger partial charge in [0.1, 0.15) is 0 Å². The van der Waals surface area contributed by atoms with Crippen molar-refractivity contribution in [3.63, 3.8) is 0 Å². The number of methoxy groups -OCH3 is 1. The van der Waals surface area contributed by atoms with E-state index < -0.39 is 0 Å². The van der Waals surface area contributed by atoms with Crippen LogP contribution in [0.1, 0.15) is 33.1 Å². The summed E-state index contributed by atoms with van der Waals surface area (Å²) in [4.78, 5) is 11.9. The summed E-state index contributed by atoms with van der Waals surface area (Å²) in [6.45, 7) is 4.48. The number of hydrogen-bond donors (Lipinski definition) is 2. The smallest absolute Gasteiger partial charge is 0.224 e. The minimum absolute atomic E-state index is 0.0680. The normalized spacial score (nSPS) is 27.1. The van der Waals surface area contributed by atoms with E-state index in [-0.39, 0.29) is 17.9 Å². The number of hydrogen-bond acceptors (Lipinski definition) is 3. The second-order valence-electron chi connectivity index (χ2n) is 4.96. The van der Waals surface area contributed by atoms with E-state index in [0.717, 1.165) is 19.3 Å². The molecule has 0 radical (unpaired) electrons. The predicted molar refractivity (Wildman–Crippen MR) is 64.0 cm³/mol. The van der Waals surface area contributed by atoms with Gasteiger partial charge in [-0.05, 0) is 25.2 Å². The summed E-state index contributed by atoms with van der Waals surface area (Å²) in [6.07, 6.45) is 3.29. The van der Waals surface area contributed by atoms with Crippen LogP contribution in [0.15, 0.2) is 0 Å². The zero-order valence-electron chi connectivity index (χ0n) is 10.5. The van der Waals surface area contributed by atoms with Gasteiger partial charge in [0, 0.05) is 19.7 Å². The van der Waals surface area contributed by atoms with Gasteiger partial charge in [-0.25, -0.2) is 0 Å². The molecule has 4 nitrogen and oxygen atoms in total. The molecule has 0 bridgehead atoms. The lowest BCUT2D eigenvalue weighted by Crippen LogP contribution is -2.42. The van der Waals surface area contributed by atoms with E-state index in [2.05, 4.69) is 5.32 Å². The summed E-state index contributed by atoms with van der Waals surface area (Å²) in [6, 6.07) is 0.269. The number of carbonyl (C=O) groups is 1. The second-order valence-corrected chi connectivity index (χ2v) is 4.96. The molecule has 0 heterocycles. The molecule has 0 saturated heterocycles. The van der Waals surface area contributed by atoms with Crippen molar-refractivity contribution in [1.82, 2.24) is 5.32 Å². The van der Waals surface area contributed by atoms with Gasteiger partial charge in [0.15, 0.2) is 0 Å². The van der Waals surface area contributed by atoms with Crippen LogP contribution >= 0.6 is 0 Å². The van der Waals surface area contributed by atoms with Crippen molar-refractivity contribution in [3.05, 3.63) is 0 Å². The van der Waals surface area contributed by atoms with E-state index in [1.165, 1.54) is 0 Å². The van der Waals surface area contributed by atoms with Crippen LogP contribution in [0.3, 0.4) is 0 Å². The number of amides is 1. The van der Waals surface area contributed by atoms with Crippen LogP contribution < -0.4 is 11.1 Å². The van der Waals surface area contributed by atoms with Gasteiger partial charge in [-0.2, -0.15) is 0 Å². The molecule has 3 unspecified atom stereocenters. The van der Waals surface area contributed by atoms with E-state index >= 15 is 0 Å². The van der Waals surface area contributed by atoms with Crippen LogP contribution in [-0.4, -0.2) is 31.7 Å². The maximum atomic E-state index is 11.9. The van der Waals surface area contributed by atoms with Gasteiger partial charge >= 0.3 is 0 Å². The Morgan fingerprint density at radius 1 is 1.50 bits per heavy atom. The predicted octanol–water partition coefficient (Wildman–Crippen LogP) is 0.901. The Bertz CT molecular complexity index is 231. The molecule has 1 aliphatic rings. The van der Waals surface area contributed by atoms with Crippen LogP contribution in [0.5, 0.6) is 0 Å². The first-order valence-electron chi connectivity index (χ1n) is 6.11. The molecule has 0 spiro atoms. The van der Waals surface area contributed by atoms with Gasteiger partial charge in [-0.1, -0.05) is 13.8 Å². The third kappa shape index (κ3) is 3.46. The SMILES string of the molecule is COC1CCC(NC(=O)C(CN)C(C)C)C1. The number of nitrogens with one attached hydrogen (secondary N) is 1. The molecule has 0 aromatic carbocycles. The fourth-order valence-electron chi connectivity index (χ4n) is 2.28. The largest absolute Gasteiger partial charge is 0.381 e. The fourth-order valence-corrected chi connectivity index (χ4v) is 2.28. The highest BCUT2D eigenvalue weighted by Gasteiger charge is 2.28. The topological polar surface area (TPSA) is 64.3 Å². The third-order valence-corrected chi connectivity index (χ3v) is 3.46. The zero-order chi connectivity index (χ0) is 12.1. The molecule has 1 fully saturated rings. The zero-order valence-corrected chi connectivity index (χ0v) is 10.5. The summed E-state index contributed by atoms with van der Waals surface area (Å²) in [5.41, 5.74) is 5.62. The van der Waals surface area contributed by atoms with Crippen molar-refractivity contribution in [2.75, 3.05) is 13.7 Å². The van der Waals surface area contributed by atoms with Gasteiger partial charge in [0.2, 0.25) is 5.91 Å². The summed E-state index contributed by atoms with van der Waals surface area (Å²) in [5.74, 6) is 0.325. The molecule has 0 aliphatic heterocycles. The molecule has 1 amide bonds. The van der Waals surface area contributed by atoms with E-state index in [1.807, 2.05) is 13.8 Å². The van der Waals surface area contributed by atoms with Crippen LogP contribution in [0.2, 0.25) is 0 Å². The summed E-state index contributed by atoms with van der Waals surface area (Å²) < 4.78 is 5.28. The maximum Gasteiger partial charge on any atom is 0.224 e. The second kappa shape index (κ2) is 6.21. The first-order chi connectivity index (χ1) is 7.58. The lowest BCUT2D eigenvalue weighted by atomic mass is 9.95. The lowest BCUT2D eigenvalue weighted by molar-refractivity contribution is -0.126. The molecule has 1 aliphatic carbocycles. The number of carbonyl (C=O) groups excluding carboxylic acids is 1. The Morgan fingerprint density at radius 2 is 2.19 bits per heavy atom. The highest BCUT2D eigenvalue weighted by molar-refractivity contribution is 5.79. The highest BCUT2D eigenvalue weighted by Crippen LogP contribution is 2.22. The first kappa shape index (κ1) is 13.5. The molecule has 1 rings (SSSR count). The Kier molecular flexibility index (Phi) is 5.22. The number of nitrogens with two attached hydrogens (primary N) is 1. The standard InChI is InChI=1S/C12H24N2O2/c1-8(2)11(7-13)12(15)14-9-4-5-10(6-9)16-3/h8-11H,4-7,13H2,1-3H3,(H,14,15). The van der Waals surface area contributed by atoms with Gasteiger partial charge in [-0.3, -0.25) is 4.79 Å². The van der Waals surface area contributed by atoms with Crippen LogP contribution in [0.4, 0.5) is 0 Å². The minimum atomic E-state index is -0.0680. The molecule has 16 heavy (non-hydrogen) atoms. The van der Waals surface area contributed by atoms with Crippen molar-refractivity contribution < 1.29 is 9.53 Å². The van der Waals surface area contributed by atoms with Crippen molar-refractivity contribution in [2.45, 2.75) is 45.3 Å². The van der Waals surface area contributed by atoms with Crippen molar-refractivity contribution in [2.24, 2.45) is 17.6 Å². The van der Waals surface area contributed by atoms with Gasteiger partial charge in [0.05, 0.1) is 12.0 Å². The molecular weight excluding hydrogens is 204 g/mol. The molecular formula is C12H24N2O2. The van der Waals surface area contributed by atoms with E-state index in [0.29, 0.717) is 18.6 Å². The summed E-state index contributed by atoms with van der Waals surface area (Å²) in [5, 5.41) is 3.08. The fraction of sp³-hybridized carbons (Fsp3) is 0.917. The number of rotatable bonds is 5. The third-order valence-electron chi connectivity index (χ3n) is 3.46. The lowest BCUT2D eigenvalue weighted by Gasteiger charge is -2.21. The van der Waals surface area contributed by atoms with Gasteiger partial charge < -0.3 is 15.8 Å². The summed E-state index contributed by atoms with van der Waals surface area (Å²) >= 11 is 0. The Balaban J connectivity index is 2.39. The van der Waals surface area contributed by atoms with E-state index in [1.54, 1.807) is 7.11 Å². The van der Waals surface area contributed by atoms with Crippen molar-refractivity contribution >= 4 is 5.91 Å². The molecule has 0 aromatic rings. The van der Waals surface area contributed by atoms with E-state index in [4.69, 9.17) is 10.5 Å². The quantitative estimate of drug-likeness (QED) is 0.735. The monoisotopic (exact) mass is 228 g/mol. The van der Waals surface area contributed by atoms with Crippen molar-refractivity contribution in [1.29, 1.82) is 0 Å². The Labute approximate surface area is 97.9 Å². The molecule has 1 saturated carbocycles. The average molecular weight is 228 g/mol. The van der Waals surface area contributed by atoms with Crippen LogP contribution in [0, 0.1) is 11.8 Å². The van der Waals surface area contributed by atoms with Crippen molar-refractivity contribution in [3.8, 4) is 0 Å². The highest BCUT2D eigenvalue weighted by atomic mass is 16.5. The van der Waals surface area contributed by atoms with E-state index in [9.17, 15) is 4.79 Å². The molecule has 3 atom stereocenters. The van der Waals surface area contributed by atoms with Gasteiger partial charge in [0.25, 0.3) is 0 Å². The van der Waals surface area contributed by atoms with Crippen LogP contribution in [0.25, 0.3) is 0 Å². The molecule has 3 N–H and O–H groups in total. The molecule has 4 heteroatoms. The number of ether oxygens (including phenoxy) is 1. The summed E-state index contributed by atoms with van der Waals surface area (Å²) in [7, 11) is 1.73. The molecule has 0 aromatic heterocycles.